The number of allylic oxidation sites excluding steroid dienone is 2. The third-order valence-corrected chi connectivity index (χ3v) is 12.4. The number of esters is 1. The van der Waals surface area contributed by atoms with Gasteiger partial charge in [-0.2, -0.15) is 0 Å². The number of nitrogens with zero attached hydrogens (tertiary/aromatic N) is 5. The Labute approximate surface area is 333 Å². The van der Waals surface area contributed by atoms with Gasteiger partial charge in [0.05, 0.1) is 41.4 Å². The summed E-state index contributed by atoms with van der Waals surface area (Å²) in [6.45, 7) is 17.6. The van der Waals surface area contributed by atoms with Gasteiger partial charge in [0.15, 0.2) is 0 Å². The molecule has 4 aliphatic rings. The van der Waals surface area contributed by atoms with E-state index < -0.39 is 23.5 Å². The Kier molecular flexibility index (Phi) is 11.8. The molecule has 3 fully saturated rings. The van der Waals surface area contributed by atoms with E-state index in [2.05, 4.69) is 60.9 Å². The molecule has 4 aliphatic heterocycles. The van der Waals surface area contributed by atoms with Crippen LogP contribution >= 0.6 is 11.3 Å². The van der Waals surface area contributed by atoms with Gasteiger partial charge in [-0.25, -0.2) is 15.2 Å². The predicted octanol–water partition coefficient (Wildman–Crippen LogP) is 5.77. The molecule has 3 saturated heterocycles. The van der Waals surface area contributed by atoms with E-state index in [0.717, 1.165) is 56.1 Å². The van der Waals surface area contributed by atoms with E-state index in [-0.39, 0.29) is 37.1 Å². The zero-order valence-electron chi connectivity index (χ0n) is 33.4. The molecule has 0 spiro atoms. The molecular formula is C42H55N7O6S. The van der Waals surface area contributed by atoms with E-state index in [1.165, 1.54) is 16.3 Å². The van der Waals surface area contributed by atoms with Crippen LogP contribution in [0.25, 0.3) is 27.7 Å². The van der Waals surface area contributed by atoms with Crippen molar-refractivity contribution in [3.63, 3.8) is 0 Å². The first-order valence-electron chi connectivity index (χ1n) is 19.8. The number of hydrogen-bond acceptors (Lipinski definition) is 10. The molecule has 1 aromatic carbocycles. The lowest BCUT2D eigenvalue weighted by atomic mass is 9.84. The number of amides is 3. The molecule has 0 radical (unpaired) electrons. The Hall–Kier alpha value is -4.37. The number of hydrazine groups is 1. The predicted molar refractivity (Wildman–Crippen MR) is 218 cm³/mol. The fourth-order valence-electron chi connectivity index (χ4n) is 8.56. The zero-order valence-corrected chi connectivity index (χ0v) is 34.2. The van der Waals surface area contributed by atoms with Crippen LogP contribution in [-0.2, 0) is 43.2 Å². The Morgan fingerprint density at radius 3 is 2.84 bits per heavy atom. The number of ether oxygens (including phenoxy) is 3. The number of likely N-dealkylation sites (tertiary alicyclic amines) is 1. The van der Waals surface area contributed by atoms with Crippen LogP contribution in [0.3, 0.4) is 0 Å². The number of carbonyl (C=O) groups excluding carboxylic acids is 3. The van der Waals surface area contributed by atoms with Gasteiger partial charge < -0.3 is 29.0 Å². The largest absolute Gasteiger partial charge is 0.464 e. The molecule has 3 amide bonds. The number of hydrogen-bond donors (Lipinski definition) is 2. The van der Waals surface area contributed by atoms with E-state index in [4.69, 9.17) is 24.2 Å². The minimum absolute atomic E-state index is 0.108. The lowest BCUT2D eigenvalue weighted by Crippen LogP contribution is -2.67. The van der Waals surface area contributed by atoms with Crippen LogP contribution < -0.4 is 10.7 Å². The van der Waals surface area contributed by atoms with Crippen molar-refractivity contribution in [2.24, 2.45) is 16.3 Å². The second-order valence-corrected chi connectivity index (χ2v) is 17.0. The number of cyclic esters (lactones) is 1. The molecular weight excluding hydrogens is 731 g/mol. The average Bonchev–Trinajstić information content (AvgIpc) is 3.78. The van der Waals surface area contributed by atoms with Gasteiger partial charge >= 0.3 is 12.0 Å². The smallest absolute Gasteiger partial charge is 0.324 e. The average molecular weight is 786 g/mol. The van der Waals surface area contributed by atoms with E-state index in [1.54, 1.807) is 13.3 Å². The number of aliphatic imine (C=N–C) groups is 1. The minimum Gasteiger partial charge on any atom is -0.464 e. The summed E-state index contributed by atoms with van der Waals surface area (Å²) in [7, 11) is 1.68. The van der Waals surface area contributed by atoms with Gasteiger partial charge in [0.2, 0.25) is 0 Å². The van der Waals surface area contributed by atoms with Gasteiger partial charge in [0, 0.05) is 90.8 Å². The number of benzene rings is 1. The van der Waals surface area contributed by atoms with Gasteiger partial charge in [-0.05, 0) is 64.2 Å². The molecule has 6 bridgehead atoms. The van der Waals surface area contributed by atoms with E-state index in [1.807, 2.05) is 30.2 Å². The quantitative estimate of drug-likeness (QED) is 0.175. The summed E-state index contributed by atoms with van der Waals surface area (Å²) in [4.78, 5) is 53.3. The van der Waals surface area contributed by atoms with E-state index in [0.29, 0.717) is 58.0 Å². The summed E-state index contributed by atoms with van der Waals surface area (Å²) >= 11 is 1.47. The number of aromatic nitrogens is 2. The van der Waals surface area contributed by atoms with Crippen molar-refractivity contribution in [2.45, 2.75) is 97.5 Å². The van der Waals surface area contributed by atoms with Crippen molar-refractivity contribution in [3.05, 3.63) is 58.2 Å². The van der Waals surface area contributed by atoms with Crippen molar-refractivity contribution in [1.82, 2.24) is 30.2 Å². The lowest BCUT2D eigenvalue weighted by molar-refractivity contribution is -0.155. The Bertz CT molecular complexity index is 2050. The molecule has 13 nitrogen and oxygen atoms in total. The SMILES string of the molecule is C=C/C(=C(\N=CC)[C@H](C)OC)c1c2c3cc(ccc3n1CC)-c1csc(n1)C[C@H](NC(=O)N1C[C@H]3COCC[C@H]31)C(=O)N1CCC[C@H](N1)C(=O)OCC(C)(C)C2. The van der Waals surface area contributed by atoms with Crippen LogP contribution in [0.1, 0.15) is 70.1 Å². The van der Waals surface area contributed by atoms with Crippen molar-refractivity contribution in [2.75, 3.05) is 40.0 Å². The van der Waals surface area contributed by atoms with Crippen LogP contribution in [0.4, 0.5) is 4.79 Å². The topological polar surface area (TPSA) is 140 Å². The highest BCUT2D eigenvalue weighted by Crippen LogP contribution is 2.40. The van der Waals surface area contributed by atoms with Gasteiger partial charge in [-0.3, -0.25) is 19.6 Å². The van der Waals surface area contributed by atoms with Crippen molar-refractivity contribution in [1.29, 1.82) is 0 Å². The molecule has 14 heteroatoms. The molecule has 3 aromatic rings. The highest BCUT2D eigenvalue weighted by Gasteiger charge is 2.45. The number of nitrogens with one attached hydrogen (secondary N) is 2. The molecule has 2 aromatic heterocycles. The van der Waals surface area contributed by atoms with Crippen LogP contribution in [-0.4, -0.2) is 108 Å². The van der Waals surface area contributed by atoms with Crippen LogP contribution in [0.15, 0.2) is 46.9 Å². The summed E-state index contributed by atoms with van der Waals surface area (Å²) < 4.78 is 19.8. The standard InChI is InChI=1S/C42H55N7O6S/c1-8-28(37(43-9-2)25(4)53-7)38-30-20-42(5,6)24-55-40(51)31-12-11-16-49(46-31)39(50)32(45-41(52)48-21-27-22-54-17-15-34(27)48)19-36-44-33(23-56-36)26-13-14-35(29(30)18-26)47(38)10-3/h8-9,13-14,18,23,25,27,31-32,34,46H,1,10-12,15-17,19-22,24H2,2-7H3,(H,45,52)/b37-28+,43-9?/t25-,27-,31-,32-,34+/m0/s1. The van der Waals surface area contributed by atoms with Crippen LogP contribution in [0, 0.1) is 11.3 Å². The molecule has 5 atom stereocenters. The van der Waals surface area contributed by atoms with Crippen molar-refractivity contribution >= 4 is 51.9 Å². The Morgan fingerprint density at radius 1 is 1.29 bits per heavy atom. The number of aryl methyl sites for hydroxylation is 1. The first kappa shape index (κ1) is 39.8. The third kappa shape index (κ3) is 7.80. The number of methoxy groups -OCH3 is 1. The highest BCUT2D eigenvalue weighted by molar-refractivity contribution is 7.10. The second kappa shape index (κ2) is 16.6. The number of thiazole rings is 1. The fourth-order valence-corrected chi connectivity index (χ4v) is 9.41. The number of carbonyl (C=O) groups is 3. The Balaban J connectivity index is 1.32. The highest BCUT2D eigenvalue weighted by atomic mass is 32.1. The van der Waals surface area contributed by atoms with Gasteiger partial charge in [0.1, 0.15) is 12.1 Å². The van der Waals surface area contributed by atoms with Crippen LogP contribution in [0.5, 0.6) is 0 Å². The number of urea groups is 1. The summed E-state index contributed by atoms with van der Waals surface area (Å²) in [6, 6.07) is 4.65. The van der Waals surface area contributed by atoms with Gasteiger partial charge in [-0.1, -0.05) is 32.6 Å². The maximum absolute atomic E-state index is 14.3. The summed E-state index contributed by atoms with van der Waals surface area (Å²) in [5.74, 6) is -0.397. The molecule has 0 saturated carbocycles. The summed E-state index contributed by atoms with van der Waals surface area (Å²) in [5.41, 5.74) is 9.22. The molecule has 0 aliphatic carbocycles. The van der Waals surface area contributed by atoms with Crippen molar-refractivity contribution < 1.29 is 28.6 Å². The molecule has 6 heterocycles. The van der Waals surface area contributed by atoms with Crippen LogP contribution in [0.2, 0.25) is 0 Å². The molecule has 2 N–H and O–H groups in total. The molecule has 7 rings (SSSR count). The van der Waals surface area contributed by atoms with Gasteiger partial charge in [-0.15, -0.1) is 11.3 Å². The van der Waals surface area contributed by atoms with E-state index >= 15 is 0 Å². The first-order valence-corrected chi connectivity index (χ1v) is 20.7. The third-order valence-electron chi connectivity index (χ3n) is 11.6. The maximum Gasteiger partial charge on any atom is 0.324 e. The normalized spacial score (nSPS) is 25.2. The summed E-state index contributed by atoms with van der Waals surface area (Å²) in [5, 5.41) is 8.34. The molecule has 0 unspecified atom stereocenters. The minimum atomic E-state index is -0.894. The zero-order chi connectivity index (χ0) is 39.7. The Morgan fingerprint density at radius 2 is 2.11 bits per heavy atom. The maximum atomic E-state index is 14.3. The fraction of sp³-hybridized carbons (Fsp3) is 0.548. The lowest BCUT2D eigenvalue weighted by Gasteiger charge is -2.50. The first-order chi connectivity index (χ1) is 27.0. The number of fused-ring (bicyclic) bond motifs is 7. The second-order valence-electron chi connectivity index (χ2n) is 16.0. The number of rotatable bonds is 7. The monoisotopic (exact) mass is 785 g/mol. The molecule has 56 heavy (non-hydrogen) atoms. The van der Waals surface area contributed by atoms with Crippen molar-refractivity contribution in [3.8, 4) is 11.3 Å². The van der Waals surface area contributed by atoms with E-state index in [9.17, 15) is 14.4 Å². The summed E-state index contributed by atoms with van der Waals surface area (Å²) in [6.07, 6.45) is 6.05. The van der Waals surface area contributed by atoms with Gasteiger partial charge in [0.25, 0.3) is 5.91 Å². The molecule has 300 valence electrons.